The van der Waals surface area contributed by atoms with Crippen LogP contribution in [0.25, 0.3) is 16.7 Å². The van der Waals surface area contributed by atoms with Crippen LogP contribution in [0.2, 0.25) is 0 Å². The molecule has 1 atom stereocenters. The summed E-state index contributed by atoms with van der Waals surface area (Å²) in [5, 5.41) is 2.92. The average Bonchev–Trinajstić information content (AvgIpc) is 3.39. The van der Waals surface area contributed by atoms with E-state index in [1.165, 1.54) is 12.8 Å². The first kappa shape index (κ1) is 14.9. The normalized spacial score (nSPS) is 15.4. The van der Waals surface area contributed by atoms with Gasteiger partial charge in [-0.1, -0.05) is 12.1 Å². The first-order valence-electron chi connectivity index (χ1n) is 8.29. The van der Waals surface area contributed by atoms with Crippen molar-refractivity contribution in [1.29, 1.82) is 0 Å². The fourth-order valence-electron chi connectivity index (χ4n) is 2.94. The number of carbonyl (C=O) groups is 1. The molecule has 3 aromatic rings. The summed E-state index contributed by atoms with van der Waals surface area (Å²) in [4.78, 5) is 16.6. The number of carbonyl (C=O) groups excluding carboxylic acids is 1. The molecule has 1 fully saturated rings. The minimum absolute atomic E-state index is 0.0746. The lowest BCUT2D eigenvalue weighted by molar-refractivity contribution is 0.0950. The number of amides is 1. The number of hydrogen-bond donors (Lipinski definition) is 2. The van der Waals surface area contributed by atoms with Gasteiger partial charge in [-0.25, -0.2) is 4.98 Å². The fourth-order valence-corrected chi connectivity index (χ4v) is 2.94. The lowest BCUT2D eigenvalue weighted by atomic mass is 10.1. The van der Waals surface area contributed by atoms with Crippen LogP contribution in [-0.2, 0) is 0 Å². The average molecular weight is 320 g/mol. The number of hydrogen-bond acceptors (Lipinski definition) is 3. The van der Waals surface area contributed by atoms with Crippen LogP contribution < -0.4 is 11.1 Å². The molecule has 122 valence electrons. The minimum atomic E-state index is -0.0758. The van der Waals surface area contributed by atoms with Crippen molar-refractivity contribution in [1.82, 2.24) is 14.9 Å². The second-order valence-electron chi connectivity index (χ2n) is 6.36. The van der Waals surface area contributed by atoms with Crippen LogP contribution in [-0.4, -0.2) is 28.0 Å². The Morgan fingerprint density at radius 1 is 1.21 bits per heavy atom. The molecule has 5 heteroatoms. The second kappa shape index (κ2) is 6.09. The molecule has 5 nitrogen and oxygen atoms in total. The largest absolute Gasteiger partial charge is 0.350 e. The van der Waals surface area contributed by atoms with Crippen molar-refractivity contribution in [2.24, 2.45) is 11.7 Å². The quantitative estimate of drug-likeness (QED) is 0.758. The van der Waals surface area contributed by atoms with Gasteiger partial charge >= 0.3 is 0 Å². The molecule has 0 aliphatic heterocycles. The van der Waals surface area contributed by atoms with Gasteiger partial charge in [0, 0.05) is 23.8 Å². The summed E-state index contributed by atoms with van der Waals surface area (Å²) in [7, 11) is 0. The third kappa shape index (κ3) is 2.90. The number of aromatic nitrogens is 2. The summed E-state index contributed by atoms with van der Waals surface area (Å²) in [6.45, 7) is 0.539. The zero-order chi connectivity index (χ0) is 16.5. The first-order valence-corrected chi connectivity index (χ1v) is 8.29. The molecule has 1 aromatic heterocycles. The van der Waals surface area contributed by atoms with E-state index in [0.29, 0.717) is 18.0 Å². The maximum absolute atomic E-state index is 12.2. The van der Waals surface area contributed by atoms with E-state index in [9.17, 15) is 4.79 Å². The van der Waals surface area contributed by atoms with Gasteiger partial charge in [0.25, 0.3) is 5.91 Å². The fraction of sp³-hybridized carbons (Fsp3) is 0.263. The Labute approximate surface area is 140 Å². The van der Waals surface area contributed by atoms with E-state index in [1.54, 1.807) is 6.33 Å². The number of fused-ring (bicyclic) bond motifs is 1. The molecule has 0 bridgehead atoms. The van der Waals surface area contributed by atoms with Gasteiger partial charge < -0.3 is 11.1 Å². The van der Waals surface area contributed by atoms with Crippen molar-refractivity contribution in [2.75, 3.05) is 6.54 Å². The van der Waals surface area contributed by atoms with Gasteiger partial charge in [-0.15, -0.1) is 0 Å². The number of rotatable bonds is 5. The Bertz CT molecular complexity index is 864. The molecule has 1 amide bonds. The van der Waals surface area contributed by atoms with Crippen LogP contribution >= 0.6 is 0 Å². The maximum atomic E-state index is 12.2. The standard InChI is InChI=1S/C19H20N4O/c20-16(13-5-6-13)11-21-19(24)14-7-9-15(10-8-14)23-12-22-17-3-1-2-4-18(17)23/h1-4,7-10,12-13,16H,5-6,11,20H2,(H,21,24). The van der Waals surface area contributed by atoms with Gasteiger partial charge in [0.05, 0.1) is 11.0 Å². The van der Waals surface area contributed by atoms with Crippen LogP contribution in [0, 0.1) is 5.92 Å². The van der Waals surface area contributed by atoms with Crippen molar-refractivity contribution in [3.63, 3.8) is 0 Å². The summed E-state index contributed by atoms with van der Waals surface area (Å²) in [5.41, 5.74) is 9.65. The van der Waals surface area contributed by atoms with E-state index in [1.807, 2.05) is 53.1 Å². The van der Waals surface area contributed by atoms with Gasteiger partial charge in [-0.2, -0.15) is 0 Å². The molecule has 0 radical (unpaired) electrons. The van der Waals surface area contributed by atoms with Crippen molar-refractivity contribution >= 4 is 16.9 Å². The molecule has 1 saturated carbocycles. The molecule has 2 aromatic carbocycles. The van der Waals surface area contributed by atoms with Crippen LogP contribution in [0.5, 0.6) is 0 Å². The van der Waals surface area contributed by atoms with Gasteiger partial charge in [0.2, 0.25) is 0 Å². The molecule has 1 unspecified atom stereocenters. The van der Waals surface area contributed by atoms with Gasteiger partial charge in [-0.05, 0) is 55.2 Å². The lowest BCUT2D eigenvalue weighted by Crippen LogP contribution is -2.38. The highest BCUT2D eigenvalue weighted by Gasteiger charge is 2.28. The lowest BCUT2D eigenvalue weighted by Gasteiger charge is -2.12. The maximum Gasteiger partial charge on any atom is 0.251 e. The highest BCUT2D eigenvalue weighted by atomic mass is 16.1. The summed E-state index contributed by atoms with van der Waals surface area (Å²) in [5.74, 6) is 0.510. The Hall–Kier alpha value is -2.66. The zero-order valence-corrected chi connectivity index (χ0v) is 13.4. The Kier molecular flexibility index (Phi) is 3.78. The molecule has 3 N–H and O–H groups in total. The van der Waals surface area contributed by atoms with E-state index in [2.05, 4.69) is 10.3 Å². The number of imidazole rings is 1. The third-order valence-corrected chi connectivity index (χ3v) is 4.59. The number of nitrogens with zero attached hydrogens (tertiary/aromatic N) is 2. The molecular weight excluding hydrogens is 300 g/mol. The van der Waals surface area contributed by atoms with Crippen LogP contribution in [0.3, 0.4) is 0 Å². The predicted molar refractivity (Wildman–Crippen MR) is 94.1 cm³/mol. The summed E-state index contributed by atoms with van der Waals surface area (Å²) in [6.07, 6.45) is 4.17. The van der Waals surface area contributed by atoms with Crippen LogP contribution in [0.1, 0.15) is 23.2 Å². The highest BCUT2D eigenvalue weighted by molar-refractivity contribution is 5.94. The van der Waals surface area contributed by atoms with Gasteiger partial charge in [-0.3, -0.25) is 9.36 Å². The SMILES string of the molecule is NC(CNC(=O)c1ccc(-n2cnc3ccccc32)cc1)C1CC1. The first-order chi connectivity index (χ1) is 11.7. The van der Waals surface area contributed by atoms with Gasteiger partial charge in [0.1, 0.15) is 6.33 Å². The van der Waals surface area contributed by atoms with E-state index in [-0.39, 0.29) is 11.9 Å². The molecule has 4 rings (SSSR count). The predicted octanol–water partition coefficient (Wildman–Crippen LogP) is 2.49. The Morgan fingerprint density at radius 3 is 2.71 bits per heavy atom. The van der Waals surface area contributed by atoms with Crippen molar-refractivity contribution < 1.29 is 4.79 Å². The van der Waals surface area contributed by atoms with Crippen LogP contribution in [0.15, 0.2) is 54.9 Å². The smallest absolute Gasteiger partial charge is 0.251 e. The molecule has 1 aliphatic rings. The summed E-state index contributed by atoms with van der Waals surface area (Å²) >= 11 is 0. The summed E-state index contributed by atoms with van der Waals surface area (Å²) in [6, 6.07) is 15.6. The van der Waals surface area contributed by atoms with E-state index in [4.69, 9.17) is 5.73 Å². The number of nitrogens with two attached hydrogens (primary N) is 1. The molecule has 24 heavy (non-hydrogen) atoms. The number of para-hydroxylation sites is 2. The Morgan fingerprint density at radius 2 is 1.96 bits per heavy atom. The highest BCUT2D eigenvalue weighted by Crippen LogP contribution is 2.31. The molecular formula is C19H20N4O. The number of benzene rings is 2. The van der Waals surface area contributed by atoms with Crippen molar-refractivity contribution in [3.05, 3.63) is 60.4 Å². The molecule has 0 saturated heterocycles. The van der Waals surface area contributed by atoms with E-state index < -0.39 is 0 Å². The minimum Gasteiger partial charge on any atom is -0.350 e. The summed E-state index contributed by atoms with van der Waals surface area (Å²) < 4.78 is 2.01. The van der Waals surface area contributed by atoms with Gasteiger partial charge in [0.15, 0.2) is 0 Å². The third-order valence-electron chi connectivity index (χ3n) is 4.59. The molecule has 1 aliphatic carbocycles. The van der Waals surface area contributed by atoms with E-state index >= 15 is 0 Å². The van der Waals surface area contributed by atoms with E-state index in [0.717, 1.165) is 16.7 Å². The Balaban J connectivity index is 1.48. The number of nitrogens with one attached hydrogen (secondary N) is 1. The molecule has 0 spiro atoms. The van der Waals surface area contributed by atoms with Crippen LogP contribution in [0.4, 0.5) is 0 Å². The second-order valence-corrected chi connectivity index (χ2v) is 6.36. The van der Waals surface area contributed by atoms with Crippen molar-refractivity contribution in [3.8, 4) is 5.69 Å². The topological polar surface area (TPSA) is 72.9 Å². The molecule has 1 heterocycles. The van der Waals surface area contributed by atoms with Crippen molar-refractivity contribution in [2.45, 2.75) is 18.9 Å². The monoisotopic (exact) mass is 320 g/mol. The zero-order valence-electron chi connectivity index (χ0n) is 13.4.